The summed E-state index contributed by atoms with van der Waals surface area (Å²) in [5, 5.41) is 2.00. The second-order valence-corrected chi connectivity index (χ2v) is 5.67. The minimum atomic E-state index is 0.0712. The van der Waals surface area contributed by atoms with Crippen LogP contribution in [0.4, 0.5) is 0 Å². The molecule has 17 heavy (non-hydrogen) atoms. The number of halogens is 1. The van der Waals surface area contributed by atoms with E-state index in [-0.39, 0.29) is 5.41 Å². The molecular weight excluding hydrogens is 232 g/mol. The van der Waals surface area contributed by atoms with Gasteiger partial charge in [0, 0.05) is 21.6 Å². The Labute approximate surface area is 107 Å². The Hall–Kier alpha value is -0.990. The zero-order valence-electron chi connectivity index (χ0n) is 10.6. The lowest BCUT2D eigenvalue weighted by molar-refractivity contribution is 0.489. The van der Waals surface area contributed by atoms with Gasteiger partial charge in [0.15, 0.2) is 0 Å². The molecule has 2 nitrogen and oxygen atoms in total. The SMILES string of the molecule is Cc1[nH]c2ccc(Cl)cc2c1C(C)(C)CCN. The van der Waals surface area contributed by atoms with E-state index in [4.69, 9.17) is 17.3 Å². The number of H-pyrrole nitrogens is 1. The van der Waals surface area contributed by atoms with Crippen LogP contribution in [0.5, 0.6) is 0 Å². The van der Waals surface area contributed by atoms with Gasteiger partial charge in [0.25, 0.3) is 0 Å². The van der Waals surface area contributed by atoms with Crippen molar-refractivity contribution in [2.45, 2.75) is 32.6 Å². The van der Waals surface area contributed by atoms with Crippen LogP contribution in [0.15, 0.2) is 18.2 Å². The summed E-state index contributed by atoms with van der Waals surface area (Å²) < 4.78 is 0. The van der Waals surface area contributed by atoms with Crippen molar-refractivity contribution in [2.24, 2.45) is 5.73 Å². The highest BCUT2D eigenvalue weighted by Crippen LogP contribution is 2.36. The summed E-state index contributed by atoms with van der Waals surface area (Å²) in [5.41, 5.74) is 9.47. The molecule has 1 aromatic carbocycles. The number of aryl methyl sites for hydroxylation is 1. The molecule has 0 radical (unpaired) electrons. The van der Waals surface area contributed by atoms with Crippen molar-refractivity contribution in [1.82, 2.24) is 4.98 Å². The zero-order valence-corrected chi connectivity index (χ0v) is 11.4. The van der Waals surface area contributed by atoms with Crippen LogP contribution in [0.3, 0.4) is 0 Å². The monoisotopic (exact) mass is 250 g/mol. The van der Waals surface area contributed by atoms with E-state index in [0.717, 1.165) is 17.0 Å². The Morgan fingerprint density at radius 2 is 2.06 bits per heavy atom. The third-order valence-electron chi connectivity index (χ3n) is 3.39. The first-order valence-electron chi connectivity index (χ1n) is 5.94. The summed E-state index contributed by atoms with van der Waals surface area (Å²) >= 11 is 6.09. The van der Waals surface area contributed by atoms with Gasteiger partial charge in [0.2, 0.25) is 0 Å². The van der Waals surface area contributed by atoms with Crippen LogP contribution in [-0.2, 0) is 5.41 Å². The number of hydrogen-bond donors (Lipinski definition) is 2. The Kier molecular flexibility index (Phi) is 3.19. The molecule has 0 aliphatic carbocycles. The highest BCUT2D eigenvalue weighted by Gasteiger charge is 2.25. The van der Waals surface area contributed by atoms with Gasteiger partial charge in [-0.1, -0.05) is 25.4 Å². The van der Waals surface area contributed by atoms with E-state index in [0.29, 0.717) is 6.54 Å². The van der Waals surface area contributed by atoms with Gasteiger partial charge in [0.1, 0.15) is 0 Å². The predicted octanol–water partition coefficient (Wildman–Crippen LogP) is 3.76. The molecule has 0 saturated heterocycles. The number of fused-ring (bicyclic) bond motifs is 1. The molecule has 3 heteroatoms. The number of nitrogens with two attached hydrogens (primary N) is 1. The first kappa shape index (κ1) is 12.5. The second-order valence-electron chi connectivity index (χ2n) is 5.24. The molecule has 0 bridgehead atoms. The summed E-state index contributed by atoms with van der Waals surface area (Å²) in [6.45, 7) is 7.27. The average molecular weight is 251 g/mol. The summed E-state index contributed by atoms with van der Waals surface area (Å²) in [6, 6.07) is 5.99. The van der Waals surface area contributed by atoms with Crippen LogP contribution in [0.2, 0.25) is 5.02 Å². The van der Waals surface area contributed by atoms with Gasteiger partial charge < -0.3 is 10.7 Å². The highest BCUT2D eigenvalue weighted by molar-refractivity contribution is 6.31. The maximum atomic E-state index is 6.09. The van der Waals surface area contributed by atoms with E-state index in [2.05, 4.69) is 25.8 Å². The van der Waals surface area contributed by atoms with Gasteiger partial charge in [-0.15, -0.1) is 0 Å². The fourth-order valence-corrected chi connectivity index (χ4v) is 2.83. The number of hydrogen-bond acceptors (Lipinski definition) is 1. The normalized spacial score (nSPS) is 12.3. The van der Waals surface area contributed by atoms with Crippen molar-refractivity contribution >= 4 is 22.5 Å². The Morgan fingerprint density at radius 3 is 2.71 bits per heavy atom. The molecule has 0 fully saturated rings. The van der Waals surface area contributed by atoms with Crippen molar-refractivity contribution < 1.29 is 0 Å². The Balaban J connectivity index is 2.67. The van der Waals surface area contributed by atoms with Gasteiger partial charge in [-0.05, 0) is 49.1 Å². The third-order valence-corrected chi connectivity index (χ3v) is 3.63. The number of aromatic amines is 1. The van der Waals surface area contributed by atoms with Crippen LogP contribution in [-0.4, -0.2) is 11.5 Å². The zero-order chi connectivity index (χ0) is 12.6. The van der Waals surface area contributed by atoms with Crippen LogP contribution < -0.4 is 5.73 Å². The average Bonchev–Trinajstić information content (AvgIpc) is 2.53. The van der Waals surface area contributed by atoms with Gasteiger partial charge in [-0.2, -0.15) is 0 Å². The van der Waals surface area contributed by atoms with Crippen LogP contribution in [0, 0.1) is 6.92 Å². The Morgan fingerprint density at radius 1 is 1.35 bits per heavy atom. The highest BCUT2D eigenvalue weighted by atomic mass is 35.5. The third kappa shape index (κ3) is 2.20. The molecule has 0 aliphatic heterocycles. The number of rotatable bonds is 3. The first-order chi connectivity index (χ1) is 7.95. The molecule has 3 N–H and O–H groups in total. The lowest BCUT2D eigenvalue weighted by Crippen LogP contribution is -2.22. The van der Waals surface area contributed by atoms with Gasteiger partial charge in [-0.25, -0.2) is 0 Å². The smallest absolute Gasteiger partial charge is 0.0460 e. The van der Waals surface area contributed by atoms with E-state index in [1.54, 1.807) is 0 Å². The van der Waals surface area contributed by atoms with E-state index >= 15 is 0 Å². The molecule has 0 unspecified atom stereocenters. The number of aromatic nitrogens is 1. The summed E-state index contributed by atoms with van der Waals surface area (Å²) in [4.78, 5) is 3.42. The molecule has 2 rings (SSSR count). The summed E-state index contributed by atoms with van der Waals surface area (Å²) in [5.74, 6) is 0. The van der Waals surface area contributed by atoms with E-state index in [9.17, 15) is 0 Å². The second kappa shape index (κ2) is 4.35. The fraction of sp³-hybridized carbons (Fsp3) is 0.429. The molecule has 1 heterocycles. The van der Waals surface area contributed by atoms with E-state index < -0.39 is 0 Å². The van der Waals surface area contributed by atoms with E-state index in [1.807, 2.05) is 18.2 Å². The van der Waals surface area contributed by atoms with Gasteiger partial charge >= 0.3 is 0 Å². The molecule has 0 aliphatic rings. The molecule has 1 aromatic heterocycles. The summed E-state index contributed by atoms with van der Waals surface area (Å²) in [6.07, 6.45) is 0.966. The number of benzene rings is 1. The van der Waals surface area contributed by atoms with Crippen molar-refractivity contribution in [2.75, 3.05) is 6.54 Å². The maximum absolute atomic E-state index is 6.09. The summed E-state index contributed by atoms with van der Waals surface area (Å²) in [7, 11) is 0. The molecule has 0 saturated carbocycles. The van der Waals surface area contributed by atoms with Crippen molar-refractivity contribution in [3.8, 4) is 0 Å². The molecule has 92 valence electrons. The first-order valence-corrected chi connectivity index (χ1v) is 6.32. The van der Waals surface area contributed by atoms with Crippen LogP contribution in [0.1, 0.15) is 31.5 Å². The molecular formula is C14H19ClN2. The topological polar surface area (TPSA) is 41.8 Å². The van der Waals surface area contributed by atoms with Crippen LogP contribution >= 0.6 is 11.6 Å². The quantitative estimate of drug-likeness (QED) is 0.856. The minimum absolute atomic E-state index is 0.0712. The lowest BCUT2D eigenvalue weighted by atomic mass is 9.80. The largest absolute Gasteiger partial charge is 0.358 e. The molecule has 0 atom stereocenters. The molecule has 2 aromatic rings. The van der Waals surface area contributed by atoms with Crippen molar-refractivity contribution in [3.63, 3.8) is 0 Å². The van der Waals surface area contributed by atoms with Crippen molar-refractivity contribution in [3.05, 3.63) is 34.5 Å². The van der Waals surface area contributed by atoms with Crippen molar-refractivity contribution in [1.29, 1.82) is 0 Å². The van der Waals surface area contributed by atoms with Gasteiger partial charge in [-0.3, -0.25) is 0 Å². The standard InChI is InChI=1S/C14H19ClN2/c1-9-13(14(2,3)6-7-16)11-8-10(15)4-5-12(11)17-9/h4-5,8,17H,6-7,16H2,1-3H3. The van der Waals surface area contributed by atoms with E-state index in [1.165, 1.54) is 16.6 Å². The maximum Gasteiger partial charge on any atom is 0.0460 e. The minimum Gasteiger partial charge on any atom is -0.358 e. The molecule has 0 amide bonds. The van der Waals surface area contributed by atoms with Crippen LogP contribution in [0.25, 0.3) is 10.9 Å². The molecule has 0 spiro atoms. The lowest BCUT2D eigenvalue weighted by Gasteiger charge is -2.25. The predicted molar refractivity (Wildman–Crippen MR) is 74.7 cm³/mol. The number of nitrogens with one attached hydrogen (secondary N) is 1. The van der Waals surface area contributed by atoms with Gasteiger partial charge in [0.05, 0.1) is 0 Å². The fourth-order valence-electron chi connectivity index (χ4n) is 2.66. The Bertz CT molecular complexity index is 540.